The molecule has 1 saturated carbocycles. The average molecular weight is 513 g/mol. The van der Waals surface area contributed by atoms with Crippen molar-refractivity contribution >= 4 is 29.3 Å². The zero-order chi connectivity index (χ0) is 24.8. The molecule has 2 aromatic carbocycles. The van der Waals surface area contributed by atoms with Crippen LogP contribution in [-0.4, -0.2) is 27.8 Å². The minimum atomic E-state index is -0.289. The molecular formula is C27H33ClN4O2S. The highest BCUT2D eigenvalue weighted by atomic mass is 35.5. The number of carbonyl (C=O) groups is 1. The van der Waals surface area contributed by atoms with Crippen molar-refractivity contribution in [2.45, 2.75) is 69.3 Å². The van der Waals surface area contributed by atoms with Crippen LogP contribution in [0.3, 0.4) is 0 Å². The van der Waals surface area contributed by atoms with Crippen LogP contribution < -0.4 is 10.1 Å². The predicted molar refractivity (Wildman–Crippen MR) is 141 cm³/mol. The van der Waals surface area contributed by atoms with Gasteiger partial charge < -0.3 is 10.1 Å². The molecular weight excluding hydrogens is 480 g/mol. The van der Waals surface area contributed by atoms with Gasteiger partial charge in [0.2, 0.25) is 5.91 Å². The van der Waals surface area contributed by atoms with Crippen molar-refractivity contribution in [3.8, 4) is 11.4 Å². The number of halogens is 1. The van der Waals surface area contributed by atoms with Gasteiger partial charge in [-0.1, -0.05) is 67.2 Å². The monoisotopic (exact) mass is 512 g/mol. The van der Waals surface area contributed by atoms with E-state index in [-0.39, 0.29) is 11.9 Å². The molecule has 0 radical (unpaired) electrons. The maximum Gasteiger partial charge on any atom is 0.220 e. The first-order valence-electron chi connectivity index (χ1n) is 12.2. The molecule has 3 aromatic rings. The smallest absolute Gasteiger partial charge is 0.220 e. The van der Waals surface area contributed by atoms with E-state index < -0.39 is 0 Å². The summed E-state index contributed by atoms with van der Waals surface area (Å²) in [6.45, 7) is 4.00. The highest BCUT2D eigenvalue weighted by molar-refractivity contribution is 7.98. The van der Waals surface area contributed by atoms with Crippen LogP contribution in [0.5, 0.6) is 5.75 Å². The highest BCUT2D eigenvalue weighted by Gasteiger charge is 2.23. The fourth-order valence-corrected chi connectivity index (χ4v) is 5.69. The molecule has 0 saturated heterocycles. The van der Waals surface area contributed by atoms with E-state index in [0.29, 0.717) is 28.9 Å². The van der Waals surface area contributed by atoms with Gasteiger partial charge in [0.25, 0.3) is 0 Å². The van der Waals surface area contributed by atoms with Crippen LogP contribution in [0.15, 0.2) is 47.6 Å². The number of thioether (sulfide) groups is 1. The van der Waals surface area contributed by atoms with Gasteiger partial charge in [0.15, 0.2) is 11.0 Å². The first-order valence-corrected chi connectivity index (χ1v) is 13.6. The fraction of sp³-hybridized carbons (Fsp3) is 0.444. The van der Waals surface area contributed by atoms with Gasteiger partial charge in [0.05, 0.1) is 18.8 Å². The number of nitrogens with zero attached hydrogens (tertiary/aromatic N) is 3. The van der Waals surface area contributed by atoms with Crippen molar-refractivity contribution in [3.63, 3.8) is 0 Å². The minimum absolute atomic E-state index is 0.0624. The molecule has 1 heterocycles. The number of amides is 1. The SMILES string of the molecule is COc1cccc(CSc2nnc(C(C)NC(=O)CCC3CCCC3)n2-c2cc(Cl)ccc2C)c1. The zero-order valence-corrected chi connectivity index (χ0v) is 22.2. The Kier molecular flexibility index (Phi) is 8.74. The molecule has 0 bridgehead atoms. The van der Waals surface area contributed by atoms with Crippen LogP contribution in [0.1, 0.15) is 68.4 Å². The van der Waals surface area contributed by atoms with Crippen molar-refractivity contribution in [1.82, 2.24) is 20.1 Å². The zero-order valence-electron chi connectivity index (χ0n) is 20.6. The van der Waals surface area contributed by atoms with Gasteiger partial charge in [-0.05, 0) is 61.6 Å². The summed E-state index contributed by atoms with van der Waals surface area (Å²) in [5.74, 6) is 2.97. The number of hydrogen-bond donors (Lipinski definition) is 1. The molecule has 1 N–H and O–H groups in total. The summed E-state index contributed by atoms with van der Waals surface area (Å²) in [5, 5.41) is 13.6. The number of rotatable bonds is 10. The van der Waals surface area contributed by atoms with Gasteiger partial charge in [-0.25, -0.2) is 0 Å². The van der Waals surface area contributed by atoms with E-state index in [1.165, 1.54) is 25.7 Å². The summed E-state index contributed by atoms with van der Waals surface area (Å²) in [6, 6.07) is 13.5. The summed E-state index contributed by atoms with van der Waals surface area (Å²) < 4.78 is 7.38. The van der Waals surface area contributed by atoms with Gasteiger partial charge in [0.1, 0.15) is 5.75 Å². The highest BCUT2D eigenvalue weighted by Crippen LogP contribution is 2.31. The lowest BCUT2D eigenvalue weighted by molar-refractivity contribution is -0.122. The molecule has 186 valence electrons. The number of carbonyl (C=O) groups excluding carboxylic acids is 1. The normalized spacial score (nSPS) is 14.7. The molecule has 1 fully saturated rings. The summed E-state index contributed by atoms with van der Waals surface area (Å²) in [4.78, 5) is 12.7. The van der Waals surface area contributed by atoms with Crippen molar-refractivity contribution < 1.29 is 9.53 Å². The number of aromatic nitrogens is 3. The maximum atomic E-state index is 12.7. The van der Waals surface area contributed by atoms with E-state index in [1.807, 2.05) is 54.8 Å². The first-order chi connectivity index (χ1) is 16.9. The Morgan fingerprint density at radius 1 is 1.23 bits per heavy atom. The molecule has 1 unspecified atom stereocenters. The van der Waals surface area contributed by atoms with E-state index in [0.717, 1.165) is 34.1 Å². The molecule has 1 amide bonds. The molecule has 0 spiro atoms. The Hall–Kier alpha value is -2.51. The fourth-order valence-electron chi connectivity index (χ4n) is 4.63. The average Bonchev–Trinajstić information content (AvgIpc) is 3.53. The Morgan fingerprint density at radius 3 is 2.80 bits per heavy atom. The van der Waals surface area contributed by atoms with Gasteiger partial charge in [-0.15, -0.1) is 10.2 Å². The van der Waals surface area contributed by atoms with Crippen LogP contribution in [0, 0.1) is 12.8 Å². The lowest BCUT2D eigenvalue weighted by Gasteiger charge is -2.18. The van der Waals surface area contributed by atoms with E-state index >= 15 is 0 Å². The maximum absolute atomic E-state index is 12.7. The Balaban J connectivity index is 1.55. The van der Waals surface area contributed by atoms with Crippen LogP contribution in [0.25, 0.3) is 5.69 Å². The number of benzene rings is 2. The Morgan fingerprint density at radius 2 is 2.03 bits per heavy atom. The standard InChI is InChI=1S/C27H33ClN4O2S/c1-18-11-13-22(28)16-24(18)32-26(19(2)29-25(33)14-12-20-7-4-5-8-20)30-31-27(32)35-17-21-9-6-10-23(15-21)34-3/h6,9-11,13,15-16,19-20H,4-5,7-8,12,14,17H2,1-3H3,(H,29,33). The van der Waals surface area contributed by atoms with Gasteiger partial charge >= 0.3 is 0 Å². The van der Waals surface area contributed by atoms with E-state index in [4.69, 9.17) is 16.3 Å². The van der Waals surface area contributed by atoms with Gasteiger partial charge in [-0.3, -0.25) is 9.36 Å². The van der Waals surface area contributed by atoms with Crippen molar-refractivity contribution in [2.75, 3.05) is 7.11 Å². The van der Waals surface area contributed by atoms with Crippen LogP contribution >= 0.6 is 23.4 Å². The molecule has 35 heavy (non-hydrogen) atoms. The van der Waals surface area contributed by atoms with Crippen molar-refractivity contribution in [2.24, 2.45) is 5.92 Å². The second-order valence-corrected chi connectivity index (χ2v) is 10.6. The largest absolute Gasteiger partial charge is 0.497 e. The van der Waals surface area contributed by atoms with Crippen LogP contribution in [0.2, 0.25) is 5.02 Å². The van der Waals surface area contributed by atoms with Crippen LogP contribution in [0.4, 0.5) is 0 Å². The lowest BCUT2D eigenvalue weighted by Crippen LogP contribution is -2.28. The van der Waals surface area contributed by atoms with E-state index in [9.17, 15) is 4.79 Å². The third-order valence-electron chi connectivity index (χ3n) is 6.59. The Labute approximate surface area is 216 Å². The molecule has 1 aliphatic carbocycles. The molecule has 8 heteroatoms. The third kappa shape index (κ3) is 6.58. The predicted octanol–water partition coefficient (Wildman–Crippen LogP) is 6.68. The molecule has 1 aromatic heterocycles. The van der Waals surface area contributed by atoms with E-state index in [2.05, 4.69) is 21.6 Å². The third-order valence-corrected chi connectivity index (χ3v) is 7.83. The van der Waals surface area contributed by atoms with Gasteiger partial charge in [0, 0.05) is 17.2 Å². The minimum Gasteiger partial charge on any atom is -0.497 e. The molecule has 6 nitrogen and oxygen atoms in total. The first kappa shape index (κ1) is 25.6. The number of aryl methyl sites for hydroxylation is 1. The second-order valence-electron chi connectivity index (χ2n) is 9.23. The lowest BCUT2D eigenvalue weighted by atomic mass is 10.0. The Bertz CT molecular complexity index is 1160. The van der Waals surface area contributed by atoms with Gasteiger partial charge in [-0.2, -0.15) is 0 Å². The number of nitrogens with one attached hydrogen (secondary N) is 1. The summed E-state index contributed by atoms with van der Waals surface area (Å²) >= 11 is 7.96. The summed E-state index contributed by atoms with van der Waals surface area (Å²) in [5.41, 5.74) is 3.10. The number of ether oxygens (including phenoxy) is 1. The number of methoxy groups -OCH3 is 1. The van der Waals surface area contributed by atoms with E-state index in [1.54, 1.807) is 18.9 Å². The van der Waals surface area contributed by atoms with Crippen LogP contribution in [-0.2, 0) is 10.5 Å². The quantitative estimate of drug-likeness (QED) is 0.307. The number of hydrogen-bond acceptors (Lipinski definition) is 5. The molecule has 1 aliphatic rings. The molecule has 1 atom stereocenters. The van der Waals surface area contributed by atoms with Crippen molar-refractivity contribution in [1.29, 1.82) is 0 Å². The summed E-state index contributed by atoms with van der Waals surface area (Å²) in [7, 11) is 1.67. The second kappa shape index (κ2) is 12.0. The topological polar surface area (TPSA) is 69.0 Å². The van der Waals surface area contributed by atoms with Crippen molar-refractivity contribution in [3.05, 3.63) is 64.4 Å². The summed E-state index contributed by atoms with van der Waals surface area (Å²) in [6.07, 6.45) is 6.59. The molecule has 0 aliphatic heterocycles. The molecule has 4 rings (SSSR count).